The minimum absolute atomic E-state index is 0.301. The fraction of sp³-hybridized carbons (Fsp3) is 0.200. The monoisotopic (exact) mass is 547 g/mol. The van der Waals surface area contributed by atoms with Gasteiger partial charge in [0.05, 0.1) is 0 Å². The van der Waals surface area contributed by atoms with E-state index in [0.29, 0.717) is 26.1 Å². The van der Waals surface area contributed by atoms with Crippen molar-refractivity contribution < 1.29 is 14.3 Å². The van der Waals surface area contributed by atoms with Crippen molar-refractivity contribution >= 4 is 23.0 Å². The minimum Gasteiger partial charge on any atom is -0.492 e. The van der Waals surface area contributed by atoms with Gasteiger partial charge in [-0.15, -0.1) is 0 Å². The molecule has 0 fully saturated rings. The number of benzene rings is 4. The lowest BCUT2D eigenvalue weighted by atomic mass is 9.88. The molecule has 0 aliphatic rings. The second kappa shape index (κ2) is 15.2. The molecular formula is C35H37N3O3. The normalized spacial score (nSPS) is 11.5. The maximum absolute atomic E-state index is 12.6. The van der Waals surface area contributed by atoms with Gasteiger partial charge in [-0.05, 0) is 66.0 Å². The summed E-state index contributed by atoms with van der Waals surface area (Å²) in [6.45, 7) is 2.06. The third-order valence-corrected chi connectivity index (χ3v) is 6.60. The molecule has 6 nitrogen and oxygen atoms in total. The maximum Gasteiger partial charge on any atom is 0.309 e. The molecule has 4 rings (SSSR count). The van der Waals surface area contributed by atoms with Gasteiger partial charge in [0.25, 0.3) is 0 Å². The first-order valence-electron chi connectivity index (χ1n) is 13.8. The predicted octanol–water partition coefficient (Wildman–Crippen LogP) is 5.41. The van der Waals surface area contributed by atoms with Gasteiger partial charge in [0.15, 0.2) is 0 Å². The van der Waals surface area contributed by atoms with Crippen LogP contribution in [0.4, 0.5) is 0 Å². The van der Waals surface area contributed by atoms with E-state index in [1.54, 1.807) is 0 Å². The van der Waals surface area contributed by atoms with Gasteiger partial charge in [-0.3, -0.25) is 9.59 Å². The van der Waals surface area contributed by atoms with Crippen LogP contribution in [0.5, 0.6) is 5.75 Å². The standard InChI is InChI=1S/C35H37N3O3/c1-38(2)24-25-41-31-20-18-30(19-21-31)33(29-16-10-5-11-17-29)32(28-14-8-4-9-15-28)22-23-36-34(39)35(40)37-26-27-12-6-3-7-13-27/h3-21H,22-26H2,1-2H3,(H,36,39)(H,37,40)/b33-32-. The zero-order chi connectivity index (χ0) is 28.9. The van der Waals surface area contributed by atoms with Crippen LogP contribution >= 0.6 is 0 Å². The second-order valence-electron chi connectivity index (χ2n) is 9.94. The number of amides is 2. The SMILES string of the molecule is CN(C)CCOc1ccc(/C(=C(/CCNC(=O)C(=O)NCc2ccccc2)c2ccccc2)c2ccccc2)cc1. The number of hydrogen-bond donors (Lipinski definition) is 2. The number of carbonyl (C=O) groups is 2. The largest absolute Gasteiger partial charge is 0.492 e. The molecule has 0 spiro atoms. The van der Waals surface area contributed by atoms with E-state index >= 15 is 0 Å². The van der Waals surface area contributed by atoms with Gasteiger partial charge in [-0.1, -0.05) is 103 Å². The molecule has 0 aromatic heterocycles. The van der Waals surface area contributed by atoms with Crippen molar-refractivity contribution in [2.45, 2.75) is 13.0 Å². The summed E-state index contributed by atoms with van der Waals surface area (Å²) in [6, 6.07) is 38.0. The fourth-order valence-electron chi connectivity index (χ4n) is 4.48. The quantitative estimate of drug-likeness (QED) is 0.184. The van der Waals surface area contributed by atoms with E-state index in [-0.39, 0.29) is 0 Å². The average molecular weight is 548 g/mol. The topological polar surface area (TPSA) is 70.7 Å². The Morgan fingerprint density at radius 3 is 1.80 bits per heavy atom. The van der Waals surface area contributed by atoms with Gasteiger partial charge < -0.3 is 20.3 Å². The van der Waals surface area contributed by atoms with E-state index in [1.807, 2.05) is 93.0 Å². The molecule has 2 N–H and O–H groups in total. The molecule has 41 heavy (non-hydrogen) atoms. The average Bonchev–Trinajstić information content (AvgIpc) is 3.01. The highest BCUT2D eigenvalue weighted by atomic mass is 16.5. The van der Waals surface area contributed by atoms with Gasteiger partial charge in [0, 0.05) is 19.6 Å². The van der Waals surface area contributed by atoms with Crippen molar-refractivity contribution in [3.8, 4) is 5.75 Å². The van der Waals surface area contributed by atoms with Crippen molar-refractivity contribution in [1.82, 2.24) is 15.5 Å². The van der Waals surface area contributed by atoms with Crippen LogP contribution in [0.15, 0.2) is 115 Å². The number of hydrogen-bond acceptors (Lipinski definition) is 4. The molecule has 0 bridgehead atoms. The summed E-state index contributed by atoms with van der Waals surface area (Å²) >= 11 is 0. The van der Waals surface area contributed by atoms with E-state index in [4.69, 9.17) is 4.74 Å². The summed E-state index contributed by atoms with van der Waals surface area (Å²) < 4.78 is 5.92. The van der Waals surface area contributed by atoms with E-state index in [0.717, 1.165) is 45.7 Å². The fourth-order valence-corrected chi connectivity index (χ4v) is 4.48. The molecule has 2 amide bonds. The molecule has 210 valence electrons. The van der Waals surface area contributed by atoms with E-state index in [9.17, 15) is 9.59 Å². The first-order valence-corrected chi connectivity index (χ1v) is 13.8. The van der Waals surface area contributed by atoms with E-state index < -0.39 is 11.8 Å². The van der Waals surface area contributed by atoms with Crippen LogP contribution in [0.25, 0.3) is 11.1 Å². The van der Waals surface area contributed by atoms with Crippen molar-refractivity contribution in [1.29, 1.82) is 0 Å². The third-order valence-electron chi connectivity index (χ3n) is 6.60. The zero-order valence-corrected chi connectivity index (χ0v) is 23.7. The van der Waals surface area contributed by atoms with Gasteiger partial charge in [-0.2, -0.15) is 0 Å². The lowest BCUT2D eigenvalue weighted by molar-refractivity contribution is -0.139. The Labute approximate surface area is 242 Å². The Morgan fingerprint density at radius 2 is 1.20 bits per heavy atom. The van der Waals surface area contributed by atoms with Gasteiger partial charge in [0.2, 0.25) is 0 Å². The molecule has 6 heteroatoms. The first kappa shape index (κ1) is 29.3. The Kier molecular flexibility index (Phi) is 10.9. The van der Waals surface area contributed by atoms with Crippen LogP contribution in [0.2, 0.25) is 0 Å². The minimum atomic E-state index is -0.646. The predicted molar refractivity (Wildman–Crippen MR) is 165 cm³/mol. The number of nitrogens with zero attached hydrogens (tertiary/aromatic N) is 1. The zero-order valence-electron chi connectivity index (χ0n) is 23.7. The lowest BCUT2D eigenvalue weighted by Crippen LogP contribution is -2.40. The highest BCUT2D eigenvalue weighted by Gasteiger charge is 2.17. The van der Waals surface area contributed by atoms with Crippen LogP contribution in [0, 0.1) is 0 Å². The third kappa shape index (κ3) is 8.92. The summed E-state index contributed by atoms with van der Waals surface area (Å²) in [5.41, 5.74) is 6.24. The number of nitrogens with one attached hydrogen (secondary N) is 2. The lowest BCUT2D eigenvalue weighted by Gasteiger charge is -2.18. The maximum atomic E-state index is 12.6. The highest BCUT2D eigenvalue weighted by Crippen LogP contribution is 2.35. The smallest absolute Gasteiger partial charge is 0.309 e. The van der Waals surface area contributed by atoms with Crippen molar-refractivity contribution in [2.24, 2.45) is 0 Å². The molecule has 0 atom stereocenters. The Balaban J connectivity index is 1.56. The molecule has 4 aromatic carbocycles. The molecule has 0 saturated carbocycles. The summed E-state index contributed by atoms with van der Waals surface area (Å²) in [5, 5.41) is 5.50. The van der Waals surface area contributed by atoms with Crippen LogP contribution in [0.1, 0.15) is 28.7 Å². The van der Waals surface area contributed by atoms with Crippen molar-refractivity contribution in [3.63, 3.8) is 0 Å². The van der Waals surface area contributed by atoms with E-state index in [2.05, 4.69) is 51.9 Å². The molecular weight excluding hydrogens is 510 g/mol. The molecule has 0 radical (unpaired) electrons. The first-order chi connectivity index (χ1) is 20.0. The molecule has 0 aliphatic heterocycles. The summed E-state index contributed by atoms with van der Waals surface area (Å²) in [5.74, 6) is -0.473. The number of carbonyl (C=O) groups excluding carboxylic acids is 2. The second-order valence-corrected chi connectivity index (χ2v) is 9.94. The van der Waals surface area contributed by atoms with Crippen LogP contribution in [-0.4, -0.2) is 50.5 Å². The Hall–Kier alpha value is -4.68. The number of rotatable bonds is 12. The van der Waals surface area contributed by atoms with Gasteiger partial charge in [0.1, 0.15) is 12.4 Å². The number of ether oxygens (including phenoxy) is 1. The van der Waals surface area contributed by atoms with Crippen LogP contribution in [0.3, 0.4) is 0 Å². The summed E-state index contributed by atoms with van der Waals surface area (Å²) in [7, 11) is 4.04. The molecule has 0 aliphatic carbocycles. The summed E-state index contributed by atoms with van der Waals surface area (Å²) in [6.07, 6.45) is 0.535. The molecule has 0 saturated heterocycles. The number of likely N-dealkylation sites (N-methyl/N-ethyl adjacent to an activating group) is 1. The van der Waals surface area contributed by atoms with Crippen LogP contribution in [-0.2, 0) is 16.1 Å². The molecule has 4 aromatic rings. The Bertz CT molecular complexity index is 1420. The van der Waals surface area contributed by atoms with Crippen molar-refractivity contribution in [2.75, 3.05) is 33.8 Å². The van der Waals surface area contributed by atoms with Crippen molar-refractivity contribution in [3.05, 3.63) is 138 Å². The highest BCUT2D eigenvalue weighted by molar-refractivity contribution is 6.35. The van der Waals surface area contributed by atoms with Gasteiger partial charge in [-0.25, -0.2) is 0 Å². The van der Waals surface area contributed by atoms with Gasteiger partial charge >= 0.3 is 11.8 Å². The Morgan fingerprint density at radius 1 is 0.659 bits per heavy atom. The molecule has 0 unspecified atom stereocenters. The van der Waals surface area contributed by atoms with Crippen LogP contribution < -0.4 is 15.4 Å². The molecule has 0 heterocycles. The summed E-state index contributed by atoms with van der Waals surface area (Å²) in [4.78, 5) is 27.1. The van der Waals surface area contributed by atoms with E-state index in [1.165, 1.54) is 0 Å².